The molecule has 2 fully saturated rings. The molecule has 0 N–H and O–H groups in total. The van der Waals surface area contributed by atoms with Crippen molar-refractivity contribution in [1.29, 1.82) is 0 Å². The summed E-state index contributed by atoms with van der Waals surface area (Å²) in [5.74, 6) is -2.64. The predicted molar refractivity (Wildman–Crippen MR) is 107 cm³/mol. The van der Waals surface area contributed by atoms with Crippen molar-refractivity contribution >= 4 is 17.8 Å². The third-order valence-corrected chi connectivity index (χ3v) is 5.35. The molecule has 0 aliphatic carbocycles. The summed E-state index contributed by atoms with van der Waals surface area (Å²) in [4.78, 5) is 41.1. The van der Waals surface area contributed by atoms with Crippen LogP contribution >= 0.6 is 0 Å². The molecule has 2 aliphatic heterocycles. The molecule has 2 heterocycles. The second-order valence-electron chi connectivity index (χ2n) is 8.92. The molecule has 170 valence electrons. The molecular formula is C22H28F2N2O5. The normalized spacial score (nSPS) is 21.8. The molecule has 1 aromatic rings. The maximum Gasteiger partial charge on any atom is 0.410 e. The summed E-state index contributed by atoms with van der Waals surface area (Å²) < 4.78 is 38.1. The SMILES string of the molecule is CC(C)(C)OC(=O)N1C[C@H](c2cc(F)cc(F)c2)CC1C(=O)CC(=O)N1CCOCC1. The Morgan fingerprint density at radius 1 is 1.10 bits per heavy atom. The van der Waals surface area contributed by atoms with Crippen LogP contribution in [0.2, 0.25) is 0 Å². The van der Waals surface area contributed by atoms with Crippen LogP contribution in [0.4, 0.5) is 13.6 Å². The molecular weight excluding hydrogens is 410 g/mol. The van der Waals surface area contributed by atoms with E-state index in [1.807, 2.05) is 0 Å². The number of ketones is 1. The zero-order valence-electron chi connectivity index (χ0n) is 18.0. The number of carbonyl (C=O) groups excluding carboxylic acids is 3. The lowest BCUT2D eigenvalue weighted by molar-refractivity contribution is -0.139. The van der Waals surface area contributed by atoms with Gasteiger partial charge < -0.3 is 14.4 Å². The number of halogens is 2. The van der Waals surface area contributed by atoms with Crippen LogP contribution in [0, 0.1) is 11.6 Å². The number of morpholine rings is 1. The van der Waals surface area contributed by atoms with Crippen molar-refractivity contribution in [2.75, 3.05) is 32.8 Å². The largest absolute Gasteiger partial charge is 0.444 e. The molecule has 0 bridgehead atoms. The summed E-state index contributed by atoms with van der Waals surface area (Å²) in [6, 6.07) is 2.27. The highest BCUT2D eigenvalue weighted by Gasteiger charge is 2.42. The van der Waals surface area contributed by atoms with Crippen LogP contribution in [0.15, 0.2) is 18.2 Å². The van der Waals surface area contributed by atoms with E-state index in [2.05, 4.69) is 0 Å². The first kappa shape index (κ1) is 23.1. The average molecular weight is 438 g/mol. The quantitative estimate of drug-likeness (QED) is 0.676. The molecule has 7 nitrogen and oxygen atoms in total. The van der Waals surface area contributed by atoms with Gasteiger partial charge in [-0.05, 0) is 44.9 Å². The fraction of sp³-hybridized carbons (Fsp3) is 0.591. The van der Waals surface area contributed by atoms with Crippen molar-refractivity contribution in [2.45, 2.75) is 51.2 Å². The number of nitrogens with zero attached hydrogens (tertiary/aromatic N) is 2. The number of Topliss-reactive ketones (excluding diaryl/α,β-unsaturated/α-hetero) is 1. The Morgan fingerprint density at radius 2 is 1.71 bits per heavy atom. The van der Waals surface area contributed by atoms with Crippen LogP contribution in [-0.2, 0) is 19.1 Å². The minimum absolute atomic E-state index is 0.0694. The molecule has 1 aromatic carbocycles. The lowest BCUT2D eigenvalue weighted by Gasteiger charge is -2.29. The number of amides is 2. The van der Waals surface area contributed by atoms with Crippen molar-refractivity contribution in [1.82, 2.24) is 9.80 Å². The van der Waals surface area contributed by atoms with E-state index in [0.717, 1.165) is 6.07 Å². The maximum atomic E-state index is 13.7. The van der Waals surface area contributed by atoms with Crippen LogP contribution in [0.3, 0.4) is 0 Å². The first-order chi connectivity index (χ1) is 14.5. The highest BCUT2D eigenvalue weighted by atomic mass is 19.1. The van der Waals surface area contributed by atoms with Gasteiger partial charge in [0.15, 0.2) is 5.78 Å². The van der Waals surface area contributed by atoms with Crippen molar-refractivity contribution in [3.63, 3.8) is 0 Å². The Labute approximate surface area is 180 Å². The zero-order chi connectivity index (χ0) is 22.8. The summed E-state index contributed by atoms with van der Waals surface area (Å²) in [7, 11) is 0. The molecule has 0 saturated carbocycles. The van der Waals surface area contributed by atoms with Gasteiger partial charge in [-0.1, -0.05) is 0 Å². The Bertz CT molecular complexity index is 829. The minimum Gasteiger partial charge on any atom is -0.444 e. The first-order valence-electron chi connectivity index (χ1n) is 10.4. The maximum absolute atomic E-state index is 13.7. The van der Waals surface area contributed by atoms with Gasteiger partial charge in [0.05, 0.1) is 25.7 Å². The second kappa shape index (κ2) is 9.30. The van der Waals surface area contributed by atoms with Gasteiger partial charge in [0.2, 0.25) is 5.91 Å². The number of carbonyl (C=O) groups is 3. The van der Waals surface area contributed by atoms with E-state index < -0.39 is 41.1 Å². The lowest BCUT2D eigenvalue weighted by Crippen LogP contribution is -2.46. The molecule has 2 saturated heterocycles. The third-order valence-electron chi connectivity index (χ3n) is 5.35. The summed E-state index contributed by atoms with van der Waals surface area (Å²) in [5.41, 5.74) is -0.418. The third kappa shape index (κ3) is 6.00. The number of ether oxygens (including phenoxy) is 2. The van der Waals surface area contributed by atoms with Gasteiger partial charge in [-0.3, -0.25) is 14.5 Å². The van der Waals surface area contributed by atoms with E-state index >= 15 is 0 Å². The number of hydrogen-bond acceptors (Lipinski definition) is 5. The zero-order valence-corrected chi connectivity index (χ0v) is 18.0. The highest BCUT2D eigenvalue weighted by molar-refractivity contribution is 6.01. The molecule has 0 aromatic heterocycles. The fourth-order valence-electron chi connectivity index (χ4n) is 3.91. The Balaban J connectivity index is 1.78. The Hall–Kier alpha value is -2.55. The average Bonchev–Trinajstić information content (AvgIpc) is 3.12. The van der Waals surface area contributed by atoms with Crippen molar-refractivity contribution in [2.24, 2.45) is 0 Å². The van der Waals surface area contributed by atoms with Gasteiger partial charge in [-0.15, -0.1) is 0 Å². The molecule has 2 aliphatic rings. The van der Waals surface area contributed by atoms with Gasteiger partial charge in [0.25, 0.3) is 0 Å². The van der Waals surface area contributed by atoms with E-state index in [0.29, 0.717) is 31.9 Å². The van der Waals surface area contributed by atoms with Gasteiger partial charge >= 0.3 is 6.09 Å². The summed E-state index contributed by atoms with van der Waals surface area (Å²) in [6.45, 7) is 6.86. The van der Waals surface area contributed by atoms with Gasteiger partial charge in [0.1, 0.15) is 17.2 Å². The molecule has 31 heavy (non-hydrogen) atoms. The van der Waals surface area contributed by atoms with Gasteiger partial charge in [-0.25, -0.2) is 13.6 Å². The monoisotopic (exact) mass is 438 g/mol. The van der Waals surface area contributed by atoms with Crippen LogP contribution in [0.5, 0.6) is 0 Å². The van der Waals surface area contributed by atoms with E-state index in [9.17, 15) is 23.2 Å². The molecule has 3 rings (SSSR count). The summed E-state index contributed by atoms with van der Waals surface area (Å²) >= 11 is 0. The van der Waals surface area contributed by atoms with E-state index in [-0.39, 0.29) is 25.3 Å². The van der Waals surface area contributed by atoms with Crippen molar-refractivity contribution in [3.8, 4) is 0 Å². The van der Waals surface area contributed by atoms with Crippen LogP contribution < -0.4 is 0 Å². The smallest absolute Gasteiger partial charge is 0.410 e. The van der Waals surface area contributed by atoms with E-state index in [4.69, 9.17) is 9.47 Å². The molecule has 0 radical (unpaired) electrons. The molecule has 0 spiro atoms. The molecule has 2 amide bonds. The molecule has 1 unspecified atom stereocenters. The molecule has 2 atom stereocenters. The van der Waals surface area contributed by atoms with Gasteiger partial charge in [-0.2, -0.15) is 0 Å². The van der Waals surface area contributed by atoms with E-state index in [1.54, 1.807) is 25.7 Å². The standard InChI is InChI=1S/C22H28F2N2O5/c1-22(2,3)31-21(29)26-13-15(14-8-16(23)11-17(24)9-14)10-18(26)19(27)12-20(28)25-4-6-30-7-5-25/h8-9,11,15,18H,4-7,10,12-13H2,1-3H3/t15-,18?/m1/s1. The lowest BCUT2D eigenvalue weighted by atomic mass is 9.94. The van der Waals surface area contributed by atoms with Crippen molar-refractivity contribution in [3.05, 3.63) is 35.4 Å². The second-order valence-corrected chi connectivity index (χ2v) is 8.92. The number of rotatable bonds is 4. The Kier molecular flexibility index (Phi) is 6.93. The fourth-order valence-corrected chi connectivity index (χ4v) is 3.91. The van der Waals surface area contributed by atoms with Crippen molar-refractivity contribution < 1.29 is 32.6 Å². The number of benzene rings is 1. The Morgan fingerprint density at radius 3 is 2.29 bits per heavy atom. The van der Waals surface area contributed by atoms with Gasteiger partial charge in [0, 0.05) is 31.6 Å². The molecule has 9 heteroatoms. The summed E-state index contributed by atoms with van der Waals surface area (Å²) in [5, 5.41) is 0. The number of likely N-dealkylation sites (tertiary alicyclic amines) is 1. The minimum atomic E-state index is -0.906. The van der Waals surface area contributed by atoms with Crippen LogP contribution in [0.25, 0.3) is 0 Å². The predicted octanol–water partition coefficient (Wildman–Crippen LogP) is 2.88. The summed E-state index contributed by atoms with van der Waals surface area (Å²) in [6.07, 6.45) is -0.880. The number of hydrogen-bond donors (Lipinski definition) is 0. The van der Waals surface area contributed by atoms with Crippen LogP contribution in [0.1, 0.15) is 45.1 Å². The highest BCUT2D eigenvalue weighted by Crippen LogP contribution is 2.34. The topological polar surface area (TPSA) is 76.2 Å². The first-order valence-corrected chi connectivity index (χ1v) is 10.4. The van der Waals surface area contributed by atoms with E-state index in [1.165, 1.54) is 17.0 Å². The van der Waals surface area contributed by atoms with Crippen LogP contribution in [-0.4, -0.2) is 72.1 Å².